The molecule has 0 saturated carbocycles. The standard InChI is InChI=1S/C16H16O3S/c1-2-12-3-5-13(6-4-12)11-20(19)15-9-7-14(8-10-15)16(17)18/h3-10H,2,11H2,1H3,(H,17,18). The van der Waals surface area contributed by atoms with E-state index in [4.69, 9.17) is 5.11 Å². The third-order valence-electron chi connectivity index (χ3n) is 3.09. The highest BCUT2D eigenvalue weighted by atomic mass is 32.2. The van der Waals surface area contributed by atoms with Crippen molar-refractivity contribution in [1.82, 2.24) is 0 Å². The summed E-state index contributed by atoms with van der Waals surface area (Å²) in [4.78, 5) is 11.4. The average molecular weight is 288 g/mol. The van der Waals surface area contributed by atoms with Crippen LogP contribution in [0, 0.1) is 0 Å². The molecule has 2 aromatic carbocycles. The van der Waals surface area contributed by atoms with Crippen LogP contribution in [-0.4, -0.2) is 15.3 Å². The Morgan fingerprint density at radius 1 is 1.00 bits per heavy atom. The van der Waals surface area contributed by atoms with E-state index in [2.05, 4.69) is 6.92 Å². The molecule has 0 aliphatic carbocycles. The molecule has 0 spiro atoms. The smallest absolute Gasteiger partial charge is 0.335 e. The molecule has 104 valence electrons. The topological polar surface area (TPSA) is 54.4 Å². The molecule has 20 heavy (non-hydrogen) atoms. The van der Waals surface area contributed by atoms with Crippen molar-refractivity contribution in [2.45, 2.75) is 24.0 Å². The molecule has 0 heterocycles. The summed E-state index contributed by atoms with van der Waals surface area (Å²) in [6.07, 6.45) is 0.986. The maximum Gasteiger partial charge on any atom is 0.335 e. The number of aryl methyl sites for hydroxylation is 1. The maximum absolute atomic E-state index is 12.2. The van der Waals surface area contributed by atoms with E-state index in [-0.39, 0.29) is 5.56 Å². The van der Waals surface area contributed by atoms with Crippen molar-refractivity contribution in [2.24, 2.45) is 0 Å². The molecule has 4 heteroatoms. The van der Waals surface area contributed by atoms with Gasteiger partial charge in [0.25, 0.3) is 0 Å². The first kappa shape index (κ1) is 14.5. The maximum atomic E-state index is 12.2. The third-order valence-corrected chi connectivity index (χ3v) is 4.49. The summed E-state index contributed by atoms with van der Waals surface area (Å²) in [5, 5.41) is 8.82. The van der Waals surface area contributed by atoms with Gasteiger partial charge in [-0.15, -0.1) is 0 Å². The molecular weight excluding hydrogens is 272 g/mol. The Bertz CT molecular complexity index is 615. The number of carboxylic acids is 1. The lowest BCUT2D eigenvalue weighted by atomic mass is 10.1. The molecule has 2 aromatic rings. The zero-order chi connectivity index (χ0) is 14.5. The molecular formula is C16H16O3S. The lowest BCUT2D eigenvalue weighted by Crippen LogP contribution is -1.99. The van der Waals surface area contributed by atoms with Crippen molar-refractivity contribution in [3.05, 3.63) is 65.2 Å². The predicted octanol–water partition coefficient (Wildman–Crippen LogP) is 3.26. The molecule has 0 aliphatic heterocycles. The molecule has 0 radical (unpaired) electrons. The van der Waals surface area contributed by atoms with Crippen molar-refractivity contribution in [3.8, 4) is 0 Å². The van der Waals surface area contributed by atoms with Crippen molar-refractivity contribution in [2.75, 3.05) is 0 Å². The van der Waals surface area contributed by atoms with Crippen molar-refractivity contribution in [1.29, 1.82) is 0 Å². The molecule has 0 saturated heterocycles. The minimum atomic E-state index is -1.16. The molecule has 1 atom stereocenters. The van der Waals surface area contributed by atoms with Gasteiger partial charge in [0, 0.05) is 4.90 Å². The summed E-state index contributed by atoms with van der Waals surface area (Å²) in [7, 11) is -1.16. The number of carbonyl (C=O) groups is 1. The number of carboxylic acid groups (broad SMARTS) is 1. The minimum absolute atomic E-state index is 0.207. The molecule has 0 amide bonds. The quantitative estimate of drug-likeness (QED) is 0.918. The summed E-state index contributed by atoms with van der Waals surface area (Å²) < 4.78 is 12.2. The number of aromatic carboxylic acids is 1. The highest BCUT2D eigenvalue weighted by Crippen LogP contribution is 2.14. The van der Waals surface area contributed by atoms with Crippen molar-refractivity contribution >= 4 is 16.8 Å². The Balaban J connectivity index is 2.08. The van der Waals surface area contributed by atoms with E-state index >= 15 is 0 Å². The van der Waals surface area contributed by atoms with Gasteiger partial charge in [0.1, 0.15) is 0 Å². The number of hydrogen-bond acceptors (Lipinski definition) is 2. The Labute approximate surface area is 120 Å². The molecule has 1 unspecified atom stereocenters. The van der Waals surface area contributed by atoms with Crippen molar-refractivity contribution in [3.63, 3.8) is 0 Å². The second-order valence-corrected chi connectivity index (χ2v) is 5.94. The third kappa shape index (κ3) is 3.54. The minimum Gasteiger partial charge on any atom is -0.478 e. The zero-order valence-electron chi connectivity index (χ0n) is 11.2. The fourth-order valence-electron chi connectivity index (χ4n) is 1.86. The van der Waals surface area contributed by atoms with Crippen LogP contribution in [0.1, 0.15) is 28.4 Å². The highest BCUT2D eigenvalue weighted by Gasteiger charge is 2.07. The highest BCUT2D eigenvalue weighted by molar-refractivity contribution is 7.84. The Morgan fingerprint density at radius 2 is 1.55 bits per heavy atom. The molecule has 1 N–H and O–H groups in total. The second-order valence-electron chi connectivity index (χ2n) is 4.49. The van der Waals surface area contributed by atoms with Gasteiger partial charge >= 0.3 is 5.97 Å². The fourth-order valence-corrected chi connectivity index (χ4v) is 2.96. The van der Waals surface area contributed by atoms with Crippen LogP contribution in [0.5, 0.6) is 0 Å². The van der Waals surface area contributed by atoms with E-state index in [0.717, 1.165) is 12.0 Å². The van der Waals surface area contributed by atoms with Crippen LogP contribution in [0.3, 0.4) is 0 Å². The first-order chi connectivity index (χ1) is 9.60. The van der Waals surface area contributed by atoms with Crippen molar-refractivity contribution < 1.29 is 14.1 Å². The molecule has 0 fully saturated rings. The van der Waals surface area contributed by atoms with Gasteiger partial charge in [0.2, 0.25) is 0 Å². The van der Waals surface area contributed by atoms with Crippen LogP contribution in [-0.2, 0) is 23.0 Å². The first-order valence-corrected chi connectivity index (χ1v) is 7.71. The van der Waals surface area contributed by atoms with E-state index in [9.17, 15) is 9.00 Å². The van der Waals surface area contributed by atoms with Gasteiger partial charge in [-0.1, -0.05) is 31.2 Å². The summed E-state index contributed by atoms with van der Waals surface area (Å²) in [5.41, 5.74) is 2.48. The lowest BCUT2D eigenvalue weighted by Gasteiger charge is -2.04. The molecule has 3 nitrogen and oxygen atoms in total. The zero-order valence-corrected chi connectivity index (χ0v) is 12.0. The van der Waals surface area contributed by atoms with Crippen LogP contribution in [0.15, 0.2) is 53.4 Å². The molecule has 0 aliphatic rings. The van der Waals surface area contributed by atoms with Crippen LogP contribution in [0.2, 0.25) is 0 Å². The van der Waals surface area contributed by atoms with E-state index in [0.29, 0.717) is 10.6 Å². The largest absolute Gasteiger partial charge is 0.478 e. The van der Waals surface area contributed by atoms with Gasteiger partial charge in [0.05, 0.1) is 22.1 Å². The Hall–Kier alpha value is -1.94. The van der Waals surface area contributed by atoms with Gasteiger partial charge in [-0.05, 0) is 41.8 Å². The van der Waals surface area contributed by atoms with Crippen LogP contribution >= 0.6 is 0 Å². The van der Waals surface area contributed by atoms with Gasteiger partial charge in [0.15, 0.2) is 0 Å². The summed E-state index contributed by atoms with van der Waals surface area (Å²) in [6, 6.07) is 14.2. The van der Waals surface area contributed by atoms with E-state index in [1.54, 1.807) is 12.1 Å². The molecule has 0 aromatic heterocycles. The SMILES string of the molecule is CCc1ccc(CS(=O)c2ccc(C(=O)O)cc2)cc1. The predicted molar refractivity (Wildman–Crippen MR) is 79.3 cm³/mol. The van der Waals surface area contributed by atoms with E-state index < -0.39 is 16.8 Å². The normalized spacial score (nSPS) is 12.1. The van der Waals surface area contributed by atoms with Gasteiger partial charge < -0.3 is 5.11 Å². The number of hydrogen-bond donors (Lipinski definition) is 1. The number of rotatable bonds is 5. The summed E-state index contributed by atoms with van der Waals surface area (Å²) >= 11 is 0. The molecule has 2 rings (SSSR count). The summed E-state index contributed by atoms with van der Waals surface area (Å²) in [5.74, 6) is -0.534. The lowest BCUT2D eigenvalue weighted by molar-refractivity contribution is 0.0697. The van der Waals surface area contributed by atoms with Crippen LogP contribution < -0.4 is 0 Å². The van der Waals surface area contributed by atoms with Crippen LogP contribution in [0.25, 0.3) is 0 Å². The average Bonchev–Trinajstić information content (AvgIpc) is 2.48. The summed E-state index contributed by atoms with van der Waals surface area (Å²) in [6.45, 7) is 2.09. The van der Waals surface area contributed by atoms with Gasteiger partial charge in [-0.3, -0.25) is 4.21 Å². The van der Waals surface area contributed by atoms with Gasteiger partial charge in [-0.25, -0.2) is 4.79 Å². The molecule has 0 bridgehead atoms. The van der Waals surface area contributed by atoms with Gasteiger partial charge in [-0.2, -0.15) is 0 Å². The van der Waals surface area contributed by atoms with Crippen LogP contribution in [0.4, 0.5) is 0 Å². The first-order valence-electron chi connectivity index (χ1n) is 6.39. The van der Waals surface area contributed by atoms with E-state index in [1.165, 1.54) is 17.7 Å². The second kappa shape index (κ2) is 6.48. The van der Waals surface area contributed by atoms with E-state index in [1.807, 2.05) is 24.3 Å². The number of benzene rings is 2. The monoisotopic (exact) mass is 288 g/mol. The Kier molecular flexibility index (Phi) is 4.69. The fraction of sp³-hybridized carbons (Fsp3) is 0.188. The Morgan fingerprint density at radius 3 is 2.05 bits per heavy atom.